The normalized spacial score (nSPS) is 55.1. The first-order valence-corrected chi connectivity index (χ1v) is 14.7. The molecule has 5 aliphatic rings. The van der Waals surface area contributed by atoms with E-state index in [-0.39, 0.29) is 23.1 Å². The lowest BCUT2D eigenvalue weighted by molar-refractivity contribution is -0.272. The molecule has 5 fully saturated rings. The van der Waals surface area contributed by atoms with Gasteiger partial charge in [-0.25, -0.2) is 0 Å². The predicted octanol–water partition coefficient (Wildman–Crippen LogP) is 8.00. The maximum Gasteiger partial charge on any atom is 0.303 e. The molecule has 0 amide bonds. The van der Waals surface area contributed by atoms with Gasteiger partial charge in [0.15, 0.2) is 11.9 Å². The van der Waals surface area contributed by atoms with Crippen molar-refractivity contribution in [3.8, 4) is 0 Å². The molecule has 0 saturated heterocycles. The summed E-state index contributed by atoms with van der Waals surface area (Å²) < 4.78 is 5.63. The van der Waals surface area contributed by atoms with E-state index >= 15 is 0 Å². The Balaban J connectivity index is 1.52. The number of hydrogen-bond donors (Lipinski definition) is 0. The zero-order valence-corrected chi connectivity index (χ0v) is 24.2. The van der Waals surface area contributed by atoms with Crippen molar-refractivity contribution in [2.24, 2.45) is 56.2 Å². The number of ether oxygens (including phenoxy) is 1. The Morgan fingerprint density at radius 1 is 0.829 bits per heavy atom. The molecule has 0 spiro atoms. The van der Waals surface area contributed by atoms with Crippen molar-refractivity contribution < 1.29 is 14.3 Å². The molecule has 198 valence electrons. The monoisotopic (exact) mass is 484 g/mol. The number of esters is 1. The van der Waals surface area contributed by atoms with Gasteiger partial charge >= 0.3 is 5.97 Å². The minimum absolute atomic E-state index is 0.0287. The number of fused-ring (bicyclic) bond motifs is 7. The number of Topliss-reactive ketones (excluding diaryl/α,β-unsaturated/α-hetero) is 1. The third-order valence-electron chi connectivity index (χ3n) is 14.4. The van der Waals surface area contributed by atoms with Gasteiger partial charge in [0.25, 0.3) is 0 Å². The Kier molecular flexibility index (Phi) is 5.59. The maximum atomic E-state index is 13.2. The fraction of sp³-hybridized carbons (Fsp3) is 0.938. The predicted molar refractivity (Wildman–Crippen MR) is 141 cm³/mol. The largest absolute Gasteiger partial charge is 0.455 e. The molecule has 5 saturated carbocycles. The van der Waals surface area contributed by atoms with E-state index in [0.29, 0.717) is 44.8 Å². The molecule has 0 heterocycles. The van der Waals surface area contributed by atoms with Crippen LogP contribution in [0.2, 0.25) is 0 Å². The Morgan fingerprint density at radius 3 is 2.14 bits per heavy atom. The smallest absolute Gasteiger partial charge is 0.303 e. The Labute approximate surface area is 214 Å². The topological polar surface area (TPSA) is 43.4 Å². The molecule has 35 heavy (non-hydrogen) atoms. The van der Waals surface area contributed by atoms with Crippen LogP contribution < -0.4 is 0 Å². The van der Waals surface area contributed by atoms with E-state index in [4.69, 9.17) is 4.74 Å². The highest BCUT2D eigenvalue weighted by atomic mass is 16.5. The summed E-state index contributed by atoms with van der Waals surface area (Å²) in [5, 5.41) is 0. The second kappa shape index (κ2) is 7.59. The molecule has 0 N–H and O–H groups in total. The summed E-state index contributed by atoms with van der Waals surface area (Å²) >= 11 is 0. The Hall–Kier alpha value is -0.860. The average Bonchev–Trinajstić information content (AvgIpc) is 2.76. The van der Waals surface area contributed by atoms with Gasteiger partial charge in [-0.15, -0.1) is 0 Å². The van der Waals surface area contributed by atoms with Crippen LogP contribution in [0.4, 0.5) is 0 Å². The van der Waals surface area contributed by atoms with Crippen molar-refractivity contribution in [1.82, 2.24) is 0 Å². The van der Waals surface area contributed by atoms with E-state index in [1.807, 2.05) is 0 Å². The summed E-state index contributed by atoms with van der Waals surface area (Å²) in [6, 6.07) is 0. The van der Waals surface area contributed by atoms with Crippen LogP contribution in [0.25, 0.3) is 0 Å². The van der Waals surface area contributed by atoms with Crippen LogP contribution in [0, 0.1) is 56.2 Å². The van der Waals surface area contributed by atoms with Crippen molar-refractivity contribution in [3.05, 3.63) is 0 Å². The highest BCUT2D eigenvalue weighted by molar-refractivity contribution is 5.88. The van der Waals surface area contributed by atoms with Gasteiger partial charge in [0.2, 0.25) is 0 Å². The summed E-state index contributed by atoms with van der Waals surface area (Å²) in [5.41, 5.74) is 1.94. The van der Waals surface area contributed by atoms with E-state index in [2.05, 4.69) is 55.4 Å². The van der Waals surface area contributed by atoms with Crippen LogP contribution >= 0.6 is 0 Å². The first-order chi connectivity index (χ1) is 16.0. The molecule has 0 aromatic heterocycles. The van der Waals surface area contributed by atoms with Crippen LogP contribution in [-0.2, 0) is 14.3 Å². The number of hydrogen-bond acceptors (Lipinski definition) is 3. The lowest BCUT2D eigenvalue weighted by atomic mass is 9.28. The fourth-order valence-corrected chi connectivity index (χ4v) is 11.5. The van der Waals surface area contributed by atoms with Crippen LogP contribution in [0.1, 0.15) is 127 Å². The Bertz CT molecular complexity index is 922. The molecule has 5 aliphatic carbocycles. The van der Waals surface area contributed by atoms with Crippen LogP contribution in [0.15, 0.2) is 0 Å². The summed E-state index contributed by atoms with van der Waals surface area (Å²) in [4.78, 5) is 25.1. The number of ketones is 1. The standard InChI is InChI=1S/C32H52O3/c1-20-26(34)25(35-21(2)33)18-24-22-10-13-31(8)30(7,23(22)11-12-29(20,24)6)17-16-28(5)15-14-27(3,4)19-32(28,31)9/h20,22-25H,10-19H2,1-9H3/t20-,22-,23+,24-,25-,28+,29+,30+,31+,32-/m0/s1. The molecular weight excluding hydrogens is 432 g/mol. The van der Waals surface area contributed by atoms with Gasteiger partial charge in [-0.3, -0.25) is 9.59 Å². The van der Waals surface area contributed by atoms with E-state index in [0.717, 1.165) is 12.8 Å². The van der Waals surface area contributed by atoms with E-state index in [9.17, 15) is 9.59 Å². The third-order valence-corrected chi connectivity index (χ3v) is 14.4. The molecule has 0 unspecified atom stereocenters. The quantitative estimate of drug-likeness (QED) is 0.354. The van der Waals surface area contributed by atoms with Gasteiger partial charge in [0, 0.05) is 12.8 Å². The van der Waals surface area contributed by atoms with Crippen molar-refractivity contribution in [2.75, 3.05) is 0 Å². The Morgan fingerprint density at radius 2 is 1.49 bits per heavy atom. The number of carbonyl (C=O) groups is 2. The zero-order valence-electron chi connectivity index (χ0n) is 24.2. The average molecular weight is 485 g/mol. The number of rotatable bonds is 1. The lowest BCUT2D eigenvalue weighted by Crippen LogP contribution is -2.69. The highest BCUT2D eigenvalue weighted by Crippen LogP contribution is 2.79. The first kappa shape index (κ1) is 25.8. The van der Waals surface area contributed by atoms with Crippen molar-refractivity contribution in [3.63, 3.8) is 0 Å². The van der Waals surface area contributed by atoms with Gasteiger partial charge < -0.3 is 4.74 Å². The summed E-state index contributed by atoms with van der Waals surface area (Å²) in [5.74, 6) is 1.65. The molecule has 0 aromatic rings. The third kappa shape index (κ3) is 3.20. The van der Waals surface area contributed by atoms with Crippen LogP contribution in [0.3, 0.4) is 0 Å². The molecule has 10 atom stereocenters. The minimum Gasteiger partial charge on any atom is -0.455 e. The van der Waals surface area contributed by atoms with Gasteiger partial charge in [-0.05, 0) is 114 Å². The van der Waals surface area contributed by atoms with E-state index in [1.165, 1.54) is 58.3 Å². The SMILES string of the molecule is CC(=O)O[C@H]1C[C@H]2[C@H]3CC[C@@]4(C)[C@@]5(C)CC(C)(C)CC[C@]5(C)CC[C@]4(C)[C@@H]3CC[C@]2(C)[C@@H](C)C1=O. The first-order valence-electron chi connectivity index (χ1n) is 14.7. The maximum absolute atomic E-state index is 13.2. The zero-order chi connectivity index (χ0) is 25.8. The van der Waals surface area contributed by atoms with E-state index < -0.39 is 6.10 Å². The van der Waals surface area contributed by atoms with Gasteiger partial charge in [-0.1, -0.05) is 55.4 Å². The minimum atomic E-state index is -0.535. The molecule has 0 aliphatic heterocycles. The van der Waals surface area contributed by atoms with Crippen molar-refractivity contribution >= 4 is 11.8 Å². The molecule has 5 rings (SSSR count). The summed E-state index contributed by atoms with van der Waals surface area (Å²) in [7, 11) is 0. The van der Waals surface area contributed by atoms with Crippen LogP contribution in [-0.4, -0.2) is 17.9 Å². The van der Waals surface area contributed by atoms with Crippen molar-refractivity contribution in [2.45, 2.75) is 133 Å². The fourth-order valence-electron chi connectivity index (χ4n) is 11.5. The molecule has 0 bridgehead atoms. The van der Waals surface area contributed by atoms with Gasteiger partial charge in [0.05, 0.1) is 0 Å². The number of carbonyl (C=O) groups excluding carboxylic acids is 2. The second-order valence-electron chi connectivity index (χ2n) is 15.9. The molecule has 0 aromatic carbocycles. The van der Waals surface area contributed by atoms with Crippen molar-refractivity contribution in [1.29, 1.82) is 0 Å². The molecular formula is C32H52O3. The lowest BCUT2D eigenvalue weighted by Gasteiger charge is -2.76. The molecule has 0 radical (unpaired) electrons. The molecule has 3 nitrogen and oxygen atoms in total. The summed E-state index contributed by atoms with van der Waals surface area (Å²) in [6.45, 7) is 21.7. The second-order valence-corrected chi connectivity index (χ2v) is 15.9. The van der Waals surface area contributed by atoms with Gasteiger partial charge in [-0.2, -0.15) is 0 Å². The highest BCUT2D eigenvalue weighted by Gasteiger charge is 2.72. The summed E-state index contributed by atoms with van der Waals surface area (Å²) in [6.07, 6.45) is 12.0. The van der Waals surface area contributed by atoms with E-state index in [1.54, 1.807) is 0 Å². The molecule has 3 heteroatoms. The van der Waals surface area contributed by atoms with Crippen LogP contribution in [0.5, 0.6) is 0 Å². The van der Waals surface area contributed by atoms with Gasteiger partial charge in [0.1, 0.15) is 0 Å².